The number of nitrogens with zero attached hydrogens (tertiary/aromatic N) is 5. The number of likely N-dealkylation sites (tertiary alicyclic amines) is 1. The van der Waals surface area contributed by atoms with E-state index in [1.54, 1.807) is 19.2 Å². The van der Waals surface area contributed by atoms with Gasteiger partial charge in [0.1, 0.15) is 31.3 Å². The molecule has 4 aromatic carbocycles. The van der Waals surface area contributed by atoms with Gasteiger partial charge in [0.15, 0.2) is 11.6 Å². The summed E-state index contributed by atoms with van der Waals surface area (Å²) in [5, 5.41) is 24.9. The second kappa shape index (κ2) is 19.6. The monoisotopic (exact) mass is 842 g/mol. The zero-order chi connectivity index (χ0) is 41.3. The fraction of sp³-hybridized carbons (Fsp3) is 0.386. The number of carbonyl (C=O) groups is 2. The van der Waals surface area contributed by atoms with Crippen LogP contribution in [0.2, 0.25) is 10.0 Å². The first-order valence-electron chi connectivity index (χ1n) is 19.8. The summed E-state index contributed by atoms with van der Waals surface area (Å²) in [4.78, 5) is 30.3. The highest BCUT2D eigenvalue weighted by Crippen LogP contribution is 2.39. The van der Waals surface area contributed by atoms with Crippen molar-refractivity contribution < 1.29 is 33.6 Å². The van der Waals surface area contributed by atoms with Gasteiger partial charge in [-0.3, -0.25) is 4.79 Å². The molecule has 2 atom stereocenters. The van der Waals surface area contributed by atoms with Gasteiger partial charge in [0.05, 0.1) is 16.0 Å². The van der Waals surface area contributed by atoms with Crippen LogP contribution in [0.15, 0.2) is 78.9 Å². The molecule has 1 saturated carbocycles. The Morgan fingerprint density at radius 2 is 1.59 bits per heavy atom. The lowest BCUT2D eigenvalue weighted by molar-refractivity contribution is -0.139. The smallest absolute Gasteiger partial charge is 0.407 e. The minimum atomic E-state index is -1.02. The second-order valence-electron chi connectivity index (χ2n) is 15.1. The molecule has 7 rings (SSSR count). The Balaban J connectivity index is 1.04. The number of tetrazole rings is 1. The van der Waals surface area contributed by atoms with Crippen LogP contribution in [0.3, 0.4) is 0 Å². The van der Waals surface area contributed by atoms with Crippen molar-refractivity contribution in [2.45, 2.75) is 64.1 Å². The molecule has 15 heteroatoms. The summed E-state index contributed by atoms with van der Waals surface area (Å²) in [5.41, 5.74) is 5.82. The van der Waals surface area contributed by atoms with Gasteiger partial charge in [0.2, 0.25) is 5.91 Å². The lowest BCUT2D eigenvalue weighted by Gasteiger charge is -2.39. The molecule has 1 aliphatic carbocycles. The number of hydrogen-bond acceptors (Lipinski definition) is 9. The van der Waals surface area contributed by atoms with Crippen LogP contribution in [-0.2, 0) is 29.1 Å². The molecule has 1 saturated heterocycles. The SMILES string of the molecule is COCCCc1cc(CN(C(=O)[C@H]2CN(C(=O)O)CC[C@@H]2c2ccc(OCCOc3c(Cl)cc(C)cc3Cl)cc2)C2CC2)cc(OCc2ccc(-c3nnn[nH]3)cc2)c1. The van der Waals surface area contributed by atoms with E-state index in [9.17, 15) is 14.7 Å². The lowest BCUT2D eigenvalue weighted by Crippen LogP contribution is -2.49. The Labute approximate surface area is 353 Å². The van der Waals surface area contributed by atoms with Gasteiger partial charge >= 0.3 is 6.09 Å². The molecule has 1 aromatic heterocycles. The predicted molar refractivity (Wildman–Crippen MR) is 223 cm³/mol. The van der Waals surface area contributed by atoms with Crippen LogP contribution in [0, 0.1) is 12.8 Å². The Hall–Kier alpha value is -5.37. The van der Waals surface area contributed by atoms with Crippen molar-refractivity contribution >= 4 is 35.2 Å². The maximum Gasteiger partial charge on any atom is 0.407 e. The predicted octanol–water partition coefficient (Wildman–Crippen LogP) is 8.37. The number of methoxy groups -OCH3 is 1. The molecule has 0 radical (unpaired) electrons. The second-order valence-corrected chi connectivity index (χ2v) is 15.9. The number of aromatic amines is 1. The molecule has 2 heterocycles. The number of amides is 2. The summed E-state index contributed by atoms with van der Waals surface area (Å²) < 4.78 is 23.4. The zero-order valence-electron chi connectivity index (χ0n) is 33.1. The number of hydrogen-bond donors (Lipinski definition) is 2. The summed E-state index contributed by atoms with van der Waals surface area (Å²) >= 11 is 12.6. The van der Waals surface area contributed by atoms with Gasteiger partial charge in [-0.15, -0.1) is 5.10 Å². The van der Waals surface area contributed by atoms with Gasteiger partial charge in [0.25, 0.3) is 0 Å². The standard InChI is InChI=1S/C44H48Cl2N6O7/c1-28-20-39(45)41(40(46)21-28)58-19-18-57-35-13-9-32(10-14-35)37-15-16-51(44(54)55)26-38(37)43(53)52(34-11-12-34)25-31-22-30(4-3-17-56-2)23-36(24-31)59-27-29-5-7-33(8-6-29)42-47-49-50-48-42/h5-10,13-14,20-24,34,37-38H,3-4,11-12,15-19,25-27H2,1-2H3,(H,54,55)(H,47,48,49,50)/t37-,38+/m1/s1. The van der Waals surface area contributed by atoms with Gasteiger partial charge in [-0.25, -0.2) is 9.89 Å². The quantitative estimate of drug-likeness (QED) is 0.0824. The molecule has 0 unspecified atom stereocenters. The molecule has 310 valence electrons. The van der Waals surface area contributed by atoms with E-state index in [4.69, 9.17) is 42.1 Å². The molecule has 2 amide bonds. The number of H-pyrrole nitrogens is 1. The van der Waals surface area contributed by atoms with Crippen LogP contribution in [-0.4, -0.2) is 93.6 Å². The van der Waals surface area contributed by atoms with E-state index in [1.807, 2.05) is 66.4 Å². The topological polar surface area (TPSA) is 152 Å². The fourth-order valence-electron chi connectivity index (χ4n) is 7.57. The van der Waals surface area contributed by atoms with Gasteiger partial charge < -0.3 is 33.9 Å². The average Bonchev–Trinajstić information content (AvgIpc) is 3.93. The molecule has 0 spiro atoms. The maximum absolute atomic E-state index is 14.8. The number of carbonyl (C=O) groups excluding carboxylic acids is 1. The summed E-state index contributed by atoms with van der Waals surface area (Å²) in [5.74, 6) is 1.61. The number of aryl methyl sites for hydroxylation is 2. The van der Waals surface area contributed by atoms with Crippen LogP contribution in [0.25, 0.3) is 11.4 Å². The van der Waals surface area contributed by atoms with E-state index >= 15 is 0 Å². The van der Waals surface area contributed by atoms with Crippen molar-refractivity contribution in [3.05, 3.63) is 117 Å². The number of nitrogens with one attached hydrogen (secondary N) is 1. The molecular formula is C44H48Cl2N6O7. The maximum atomic E-state index is 14.8. The third-order valence-corrected chi connectivity index (χ3v) is 11.3. The third-order valence-electron chi connectivity index (χ3n) is 10.7. The molecule has 5 aromatic rings. The van der Waals surface area contributed by atoms with Gasteiger partial charge in [-0.05, 0) is 120 Å². The Morgan fingerprint density at radius 1 is 0.864 bits per heavy atom. The van der Waals surface area contributed by atoms with Crippen LogP contribution in [0.1, 0.15) is 59.4 Å². The minimum Gasteiger partial charge on any atom is -0.490 e. The molecular weight excluding hydrogens is 795 g/mol. The highest BCUT2D eigenvalue weighted by atomic mass is 35.5. The van der Waals surface area contributed by atoms with Crippen molar-refractivity contribution in [3.63, 3.8) is 0 Å². The first-order chi connectivity index (χ1) is 28.6. The van der Waals surface area contributed by atoms with E-state index in [-0.39, 0.29) is 37.6 Å². The van der Waals surface area contributed by atoms with Crippen LogP contribution >= 0.6 is 23.2 Å². The van der Waals surface area contributed by atoms with Gasteiger partial charge in [0, 0.05) is 45.0 Å². The van der Waals surface area contributed by atoms with E-state index in [2.05, 4.69) is 32.8 Å². The van der Waals surface area contributed by atoms with E-state index in [0.717, 1.165) is 59.1 Å². The number of aromatic nitrogens is 4. The van der Waals surface area contributed by atoms with E-state index in [1.165, 1.54) is 4.90 Å². The number of benzene rings is 4. The minimum absolute atomic E-state index is 0.0383. The molecule has 0 bridgehead atoms. The summed E-state index contributed by atoms with van der Waals surface area (Å²) in [6.45, 7) is 4.26. The summed E-state index contributed by atoms with van der Waals surface area (Å²) in [7, 11) is 1.69. The number of carboxylic acid groups (broad SMARTS) is 1. The molecule has 13 nitrogen and oxygen atoms in total. The Bertz CT molecular complexity index is 2160. The first kappa shape index (κ1) is 41.8. The fourth-order valence-corrected chi connectivity index (χ4v) is 8.28. The van der Waals surface area contributed by atoms with Crippen molar-refractivity contribution in [3.8, 4) is 28.6 Å². The molecule has 59 heavy (non-hydrogen) atoms. The third kappa shape index (κ3) is 11.0. The summed E-state index contributed by atoms with van der Waals surface area (Å²) in [6, 6.07) is 25.4. The highest BCUT2D eigenvalue weighted by Gasteiger charge is 2.42. The first-order valence-corrected chi connectivity index (χ1v) is 20.6. The average molecular weight is 844 g/mol. The lowest BCUT2D eigenvalue weighted by atomic mass is 9.79. The normalized spacial score (nSPS) is 16.4. The van der Waals surface area contributed by atoms with Crippen molar-refractivity contribution in [2.75, 3.05) is 40.0 Å². The Morgan fingerprint density at radius 3 is 2.27 bits per heavy atom. The highest BCUT2D eigenvalue weighted by molar-refractivity contribution is 6.37. The van der Waals surface area contributed by atoms with Crippen LogP contribution in [0.4, 0.5) is 4.79 Å². The van der Waals surface area contributed by atoms with Crippen LogP contribution in [0.5, 0.6) is 17.2 Å². The molecule has 1 aliphatic heterocycles. The van der Waals surface area contributed by atoms with Crippen LogP contribution < -0.4 is 14.2 Å². The molecule has 2 N–H and O–H groups in total. The number of piperidine rings is 1. The van der Waals surface area contributed by atoms with Crippen molar-refractivity contribution in [2.24, 2.45) is 5.92 Å². The molecule has 2 aliphatic rings. The summed E-state index contributed by atoms with van der Waals surface area (Å²) in [6.07, 6.45) is 2.94. The number of rotatable bonds is 18. The van der Waals surface area contributed by atoms with Crippen molar-refractivity contribution in [1.82, 2.24) is 30.4 Å². The zero-order valence-corrected chi connectivity index (χ0v) is 34.6. The van der Waals surface area contributed by atoms with E-state index in [0.29, 0.717) is 65.8 Å². The Kier molecular flexibility index (Phi) is 13.9. The largest absolute Gasteiger partial charge is 0.490 e. The van der Waals surface area contributed by atoms with Gasteiger partial charge in [-0.2, -0.15) is 0 Å². The molecule has 2 fully saturated rings. The number of halogens is 2. The number of ether oxygens (including phenoxy) is 4. The van der Waals surface area contributed by atoms with Gasteiger partial charge in [-0.1, -0.05) is 65.7 Å². The van der Waals surface area contributed by atoms with E-state index < -0.39 is 12.0 Å². The van der Waals surface area contributed by atoms with Crippen molar-refractivity contribution in [1.29, 1.82) is 0 Å².